The maximum atomic E-state index is 12.2. The van der Waals surface area contributed by atoms with E-state index in [0.717, 1.165) is 0 Å². The first-order valence-electron chi connectivity index (χ1n) is 5.44. The molecule has 0 saturated carbocycles. The van der Waals surface area contributed by atoms with Crippen molar-refractivity contribution in [3.8, 4) is 5.75 Å². The Labute approximate surface area is 117 Å². The molecule has 1 aromatic carbocycles. The summed E-state index contributed by atoms with van der Waals surface area (Å²) in [7, 11) is 1.44. The molecule has 1 atom stereocenters. The quantitative estimate of drug-likeness (QED) is 0.911. The number of carbonyl (C=O) groups excluding carboxylic acids is 1. The monoisotopic (exact) mass is 339 g/mol. The van der Waals surface area contributed by atoms with E-state index in [2.05, 4.69) is 21.2 Å². The summed E-state index contributed by atoms with van der Waals surface area (Å²) in [6.45, 7) is 1.31. The topological polar surface area (TPSA) is 38.3 Å². The van der Waals surface area contributed by atoms with E-state index in [1.807, 2.05) is 0 Å². The van der Waals surface area contributed by atoms with E-state index >= 15 is 0 Å². The second-order valence-corrected chi connectivity index (χ2v) is 4.89. The molecular weight excluding hydrogens is 327 g/mol. The summed E-state index contributed by atoms with van der Waals surface area (Å²) in [5.74, 6) is -0.126. The van der Waals surface area contributed by atoms with Crippen molar-refractivity contribution in [1.29, 1.82) is 0 Å². The van der Waals surface area contributed by atoms with Crippen LogP contribution in [0.3, 0.4) is 0 Å². The van der Waals surface area contributed by atoms with Gasteiger partial charge in [0.1, 0.15) is 5.75 Å². The molecule has 7 heteroatoms. The van der Waals surface area contributed by atoms with Crippen LogP contribution in [0, 0.1) is 0 Å². The molecule has 0 radical (unpaired) electrons. The fourth-order valence-corrected chi connectivity index (χ4v) is 1.93. The Morgan fingerprint density at radius 2 is 2.11 bits per heavy atom. The number of amides is 1. The van der Waals surface area contributed by atoms with Crippen molar-refractivity contribution in [2.24, 2.45) is 0 Å². The summed E-state index contributed by atoms with van der Waals surface area (Å²) in [5.41, 5.74) is 0.230. The second kappa shape index (κ2) is 6.27. The van der Waals surface area contributed by atoms with Crippen LogP contribution in [0.5, 0.6) is 5.75 Å². The Bertz CT molecular complexity index is 463. The van der Waals surface area contributed by atoms with Crippen molar-refractivity contribution >= 4 is 21.8 Å². The fraction of sp³-hybridized carbons (Fsp3) is 0.417. The molecule has 1 amide bonds. The first kappa shape index (κ1) is 15.8. The summed E-state index contributed by atoms with van der Waals surface area (Å²) < 4.78 is 42.0. The number of halogens is 4. The highest BCUT2D eigenvalue weighted by atomic mass is 79.9. The highest BCUT2D eigenvalue weighted by Gasteiger charge is 2.30. The van der Waals surface area contributed by atoms with Gasteiger partial charge in [-0.3, -0.25) is 4.79 Å². The third-order valence-corrected chi connectivity index (χ3v) is 3.02. The Balaban J connectivity index is 2.78. The predicted octanol–water partition coefficient (Wildman–Crippen LogP) is 3.53. The van der Waals surface area contributed by atoms with Crippen molar-refractivity contribution in [2.75, 3.05) is 7.11 Å². The number of hydrogen-bond donors (Lipinski definition) is 1. The van der Waals surface area contributed by atoms with E-state index in [0.29, 0.717) is 10.2 Å². The van der Waals surface area contributed by atoms with Gasteiger partial charge in [0.05, 0.1) is 19.1 Å². The van der Waals surface area contributed by atoms with E-state index in [1.165, 1.54) is 20.1 Å². The second-order valence-electron chi connectivity index (χ2n) is 4.04. The van der Waals surface area contributed by atoms with Gasteiger partial charge in [0.15, 0.2) is 0 Å². The first-order valence-corrected chi connectivity index (χ1v) is 6.23. The van der Waals surface area contributed by atoms with Crippen LogP contribution in [0.15, 0.2) is 22.7 Å². The first-order chi connectivity index (χ1) is 8.73. The molecule has 0 aliphatic rings. The van der Waals surface area contributed by atoms with Crippen LogP contribution in [0.1, 0.15) is 23.7 Å². The van der Waals surface area contributed by atoms with Crippen molar-refractivity contribution in [1.82, 2.24) is 5.32 Å². The zero-order chi connectivity index (χ0) is 14.6. The van der Waals surface area contributed by atoms with Gasteiger partial charge in [0.2, 0.25) is 0 Å². The van der Waals surface area contributed by atoms with Gasteiger partial charge in [-0.05, 0) is 41.1 Å². The molecule has 0 bridgehead atoms. The number of nitrogens with one attached hydrogen (secondary N) is 1. The van der Waals surface area contributed by atoms with Gasteiger partial charge < -0.3 is 10.1 Å². The minimum absolute atomic E-state index is 0.230. The molecule has 3 nitrogen and oxygen atoms in total. The fourth-order valence-electron chi connectivity index (χ4n) is 1.51. The van der Waals surface area contributed by atoms with E-state index in [1.54, 1.807) is 12.1 Å². The highest BCUT2D eigenvalue weighted by Crippen LogP contribution is 2.24. The van der Waals surface area contributed by atoms with Crippen LogP contribution in [0.2, 0.25) is 0 Å². The molecule has 1 rings (SSSR count). The molecule has 1 N–H and O–H groups in total. The highest BCUT2D eigenvalue weighted by molar-refractivity contribution is 9.10. The van der Waals surface area contributed by atoms with Crippen molar-refractivity contribution in [3.63, 3.8) is 0 Å². The Kier molecular flexibility index (Phi) is 5.22. The lowest BCUT2D eigenvalue weighted by molar-refractivity contribution is -0.138. The van der Waals surface area contributed by atoms with Gasteiger partial charge in [0.25, 0.3) is 5.91 Å². The summed E-state index contributed by atoms with van der Waals surface area (Å²) in [6.07, 6.45) is -5.38. The van der Waals surface area contributed by atoms with Crippen LogP contribution in [0.25, 0.3) is 0 Å². The van der Waals surface area contributed by atoms with Crippen LogP contribution in [0.4, 0.5) is 13.2 Å². The van der Waals surface area contributed by atoms with Gasteiger partial charge in [-0.1, -0.05) is 0 Å². The van der Waals surface area contributed by atoms with Gasteiger partial charge in [-0.15, -0.1) is 0 Å². The zero-order valence-electron chi connectivity index (χ0n) is 10.3. The number of benzene rings is 1. The third kappa shape index (κ3) is 5.10. The number of rotatable bonds is 4. The third-order valence-electron chi connectivity index (χ3n) is 2.33. The van der Waals surface area contributed by atoms with Gasteiger partial charge in [-0.25, -0.2) is 0 Å². The van der Waals surface area contributed by atoms with E-state index in [9.17, 15) is 18.0 Å². The maximum Gasteiger partial charge on any atom is 0.391 e. The molecule has 0 aliphatic carbocycles. The van der Waals surface area contributed by atoms with Crippen LogP contribution in [-0.4, -0.2) is 25.2 Å². The van der Waals surface area contributed by atoms with Crippen molar-refractivity contribution in [2.45, 2.75) is 25.6 Å². The molecule has 1 aromatic rings. The van der Waals surface area contributed by atoms with E-state index < -0.39 is 24.5 Å². The van der Waals surface area contributed by atoms with Crippen molar-refractivity contribution < 1.29 is 22.7 Å². The summed E-state index contributed by atoms with van der Waals surface area (Å²) in [5, 5.41) is 2.30. The minimum Gasteiger partial charge on any atom is -0.497 e. The number of ether oxygens (including phenoxy) is 1. The lowest BCUT2D eigenvalue weighted by Crippen LogP contribution is -2.36. The molecule has 0 aromatic heterocycles. The molecule has 19 heavy (non-hydrogen) atoms. The summed E-state index contributed by atoms with van der Waals surface area (Å²) in [6, 6.07) is 3.70. The average Bonchev–Trinajstić information content (AvgIpc) is 2.26. The molecule has 0 heterocycles. The number of carbonyl (C=O) groups is 1. The van der Waals surface area contributed by atoms with Crippen LogP contribution >= 0.6 is 15.9 Å². The molecule has 0 saturated heterocycles. The minimum atomic E-state index is -4.31. The largest absolute Gasteiger partial charge is 0.497 e. The van der Waals surface area contributed by atoms with Crippen molar-refractivity contribution in [3.05, 3.63) is 28.2 Å². The molecule has 0 aliphatic heterocycles. The zero-order valence-corrected chi connectivity index (χ0v) is 11.9. The normalized spacial score (nSPS) is 12.9. The van der Waals surface area contributed by atoms with Crippen LogP contribution in [-0.2, 0) is 0 Å². The van der Waals surface area contributed by atoms with E-state index in [-0.39, 0.29) is 5.56 Å². The number of hydrogen-bond acceptors (Lipinski definition) is 2. The maximum absolute atomic E-state index is 12.2. The molecule has 0 spiro atoms. The smallest absolute Gasteiger partial charge is 0.391 e. The molecular formula is C12H13BrF3NO2. The predicted molar refractivity (Wildman–Crippen MR) is 68.3 cm³/mol. The van der Waals surface area contributed by atoms with Crippen LogP contribution < -0.4 is 10.1 Å². The average molecular weight is 340 g/mol. The Morgan fingerprint density at radius 3 is 2.63 bits per heavy atom. The Morgan fingerprint density at radius 1 is 1.47 bits per heavy atom. The summed E-state index contributed by atoms with van der Waals surface area (Å²) in [4.78, 5) is 11.9. The molecule has 106 valence electrons. The number of alkyl halides is 3. The SMILES string of the molecule is COc1ccc(Br)c(C(=O)NC(C)CC(F)(F)F)c1. The Hall–Kier alpha value is -1.24. The lowest BCUT2D eigenvalue weighted by Gasteiger charge is -2.16. The van der Waals surface area contributed by atoms with Gasteiger partial charge >= 0.3 is 6.18 Å². The van der Waals surface area contributed by atoms with E-state index in [4.69, 9.17) is 4.74 Å². The van der Waals surface area contributed by atoms with Gasteiger partial charge in [-0.2, -0.15) is 13.2 Å². The standard InChI is InChI=1S/C12H13BrF3NO2/c1-7(6-12(14,15)16)17-11(18)9-5-8(19-2)3-4-10(9)13/h3-5,7H,6H2,1-2H3,(H,17,18). The molecule has 0 fully saturated rings. The summed E-state index contributed by atoms with van der Waals surface area (Å²) >= 11 is 3.17. The lowest BCUT2D eigenvalue weighted by atomic mass is 10.1. The molecule has 1 unspecified atom stereocenters. The van der Waals surface area contributed by atoms with Gasteiger partial charge in [0, 0.05) is 10.5 Å². The number of methoxy groups -OCH3 is 1.